The van der Waals surface area contributed by atoms with Crippen LogP contribution in [-0.2, 0) is 19.4 Å². The van der Waals surface area contributed by atoms with Crippen molar-refractivity contribution in [1.29, 1.82) is 0 Å². The fourth-order valence-electron chi connectivity index (χ4n) is 2.68. The normalized spacial score (nSPS) is 14.2. The molecule has 2 heterocycles. The molecule has 0 atom stereocenters. The lowest BCUT2D eigenvalue weighted by atomic mass is 9.99. The van der Waals surface area contributed by atoms with Crippen molar-refractivity contribution in [2.45, 2.75) is 33.2 Å². The van der Waals surface area contributed by atoms with Crippen LogP contribution in [0, 0.1) is 12.7 Å². The van der Waals surface area contributed by atoms with Crippen LogP contribution in [-0.4, -0.2) is 16.5 Å². The van der Waals surface area contributed by atoms with Gasteiger partial charge in [0, 0.05) is 24.8 Å². The van der Waals surface area contributed by atoms with Crippen molar-refractivity contribution in [2.75, 3.05) is 11.4 Å². The smallest absolute Gasteiger partial charge is 0.132 e. The summed E-state index contributed by atoms with van der Waals surface area (Å²) in [5.74, 6) is 1.58. The van der Waals surface area contributed by atoms with Gasteiger partial charge in [-0.15, -0.1) is 0 Å². The van der Waals surface area contributed by atoms with Gasteiger partial charge in [-0.2, -0.15) is 0 Å². The van der Waals surface area contributed by atoms with Gasteiger partial charge in [0.25, 0.3) is 0 Å². The predicted octanol–water partition coefficient (Wildman–Crippen LogP) is 3.05. The van der Waals surface area contributed by atoms with Gasteiger partial charge >= 0.3 is 0 Å². The fraction of sp³-hybridized carbons (Fsp3) is 0.375. The molecule has 3 nitrogen and oxygen atoms in total. The SMILES string of the molecule is CCc1cc(N2CCc3ccc(F)cc3C2)nc(C)n1. The minimum absolute atomic E-state index is 0.168. The number of halogens is 1. The van der Waals surface area contributed by atoms with Crippen molar-refractivity contribution in [1.82, 2.24) is 9.97 Å². The zero-order valence-electron chi connectivity index (χ0n) is 11.9. The average Bonchev–Trinajstić information content (AvgIpc) is 2.45. The second-order valence-electron chi connectivity index (χ2n) is 5.20. The molecule has 1 aliphatic heterocycles. The van der Waals surface area contributed by atoms with E-state index in [9.17, 15) is 4.39 Å². The van der Waals surface area contributed by atoms with E-state index >= 15 is 0 Å². The second kappa shape index (κ2) is 5.19. The monoisotopic (exact) mass is 271 g/mol. The molecule has 0 radical (unpaired) electrons. The summed E-state index contributed by atoms with van der Waals surface area (Å²) in [6, 6.07) is 7.11. The molecule has 1 aromatic carbocycles. The van der Waals surface area contributed by atoms with Gasteiger partial charge in [-0.3, -0.25) is 0 Å². The number of nitrogens with zero attached hydrogens (tertiary/aromatic N) is 3. The molecule has 20 heavy (non-hydrogen) atoms. The first-order chi connectivity index (χ1) is 9.65. The van der Waals surface area contributed by atoms with E-state index in [1.54, 1.807) is 12.1 Å². The lowest BCUT2D eigenvalue weighted by Crippen LogP contribution is -2.31. The van der Waals surface area contributed by atoms with Crippen LogP contribution in [0.15, 0.2) is 24.3 Å². The molecule has 104 valence electrons. The Balaban J connectivity index is 1.91. The molecule has 0 unspecified atom stereocenters. The van der Waals surface area contributed by atoms with Crippen LogP contribution in [0.3, 0.4) is 0 Å². The summed E-state index contributed by atoms with van der Waals surface area (Å²) in [7, 11) is 0. The van der Waals surface area contributed by atoms with E-state index in [0.717, 1.165) is 42.3 Å². The number of hydrogen-bond donors (Lipinski definition) is 0. The van der Waals surface area contributed by atoms with Crippen LogP contribution in [0.25, 0.3) is 0 Å². The third-order valence-electron chi connectivity index (χ3n) is 3.74. The molecule has 3 rings (SSSR count). The van der Waals surface area contributed by atoms with Crippen LogP contribution < -0.4 is 4.90 Å². The topological polar surface area (TPSA) is 29.0 Å². The first-order valence-electron chi connectivity index (χ1n) is 7.02. The van der Waals surface area contributed by atoms with E-state index in [-0.39, 0.29) is 5.82 Å². The van der Waals surface area contributed by atoms with Crippen molar-refractivity contribution in [3.63, 3.8) is 0 Å². The van der Waals surface area contributed by atoms with Crippen LogP contribution in [0.5, 0.6) is 0 Å². The largest absolute Gasteiger partial charge is 0.352 e. The molecular weight excluding hydrogens is 253 g/mol. The van der Waals surface area contributed by atoms with Gasteiger partial charge in [-0.25, -0.2) is 14.4 Å². The molecule has 0 saturated carbocycles. The number of aromatic nitrogens is 2. The molecule has 1 aliphatic rings. The summed E-state index contributed by atoms with van der Waals surface area (Å²) in [5, 5.41) is 0. The maximum absolute atomic E-state index is 13.4. The molecule has 4 heteroatoms. The highest BCUT2D eigenvalue weighted by Gasteiger charge is 2.18. The third kappa shape index (κ3) is 2.50. The number of hydrogen-bond acceptors (Lipinski definition) is 3. The van der Waals surface area contributed by atoms with Gasteiger partial charge in [-0.1, -0.05) is 13.0 Å². The lowest BCUT2D eigenvalue weighted by molar-refractivity contribution is 0.618. The molecule has 0 saturated heterocycles. The Labute approximate surface area is 118 Å². The van der Waals surface area contributed by atoms with Crippen molar-refractivity contribution in [3.05, 3.63) is 52.7 Å². The molecule has 0 spiro atoms. The van der Waals surface area contributed by atoms with Crippen LogP contribution >= 0.6 is 0 Å². The summed E-state index contributed by atoms with van der Waals surface area (Å²) in [4.78, 5) is 11.1. The molecule has 0 aliphatic carbocycles. The molecule has 0 bridgehead atoms. The van der Waals surface area contributed by atoms with Gasteiger partial charge < -0.3 is 4.90 Å². The fourth-order valence-corrected chi connectivity index (χ4v) is 2.68. The van der Waals surface area contributed by atoms with Crippen molar-refractivity contribution in [2.24, 2.45) is 0 Å². The minimum atomic E-state index is -0.168. The Kier molecular flexibility index (Phi) is 3.38. The van der Waals surface area contributed by atoms with Crippen molar-refractivity contribution >= 4 is 5.82 Å². The molecule has 1 aromatic heterocycles. The standard InChI is InChI=1S/C16H18FN3/c1-3-15-9-16(19-11(2)18-15)20-7-6-12-4-5-14(17)8-13(12)10-20/h4-5,8-9H,3,6-7,10H2,1-2H3. The maximum atomic E-state index is 13.4. The number of fused-ring (bicyclic) bond motifs is 1. The summed E-state index contributed by atoms with van der Waals surface area (Å²) < 4.78 is 13.4. The van der Waals surface area contributed by atoms with Gasteiger partial charge in [0.15, 0.2) is 0 Å². The highest BCUT2D eigenvalue weighted by Crippen LogP contribution is 2.24. The number of rotatable bonds is 2. The molecule has 0 amide bonds. The van der Waals surface area contributed by atoms with Crippen LogP contribution in [0.4, 0.5) is 10.2 Å². The van der Waals surface area contributed by atoms with E-state index < -0.39 is 0 Å². The quantitative estimate of drug-likeness (QED) is 0.840. The van der Waals surface area contributed by atoms with E-state index in [2.05, 4.69) is 21.8 Å². The Bertz CT molecular complexity index is 640. The van der Waals surface area contributed by atoms with E-state index in [4.69, 9.17) is 0 Å². The highest BCUT2D eigenvalue weighted by molar-refractivity contribution is 5.45. The van der Waals surface area contributed by atoms with E-state index in [0.29, 0.717) is 6.54 Å². The summed E-state index contributed by atoms with van der Waals surface area (Å²) in [6.45, 7) is 5.64. The average molecular weight is 271 g/mol. The first kappa shape index (κ1) is 13.0. The molecule has 2 aromatic rings. The van der Waals surface area contributed by atoms with Crippen molar-refractivity contribution in [3.8, 4) is 0 Å². The van der Waals surface area contributed by atoms with Crippen LogP contribution in [0.2, 0.25) is 0 Å². The highest BCUT2D eigenvalue weighted by atomic mass is 19.1. The summed E-state index contributed by atoms with van der Waals surface area (Å²) >= 11 is 0. The van der Waals surface area contributed by atoms with Gasteiger partial charge in [-0.05, 0) is 43.0 Å². The minimum Gasteiger partial charge on any atom is -0.352 e. The molecule has 0 fully saturated rings. The Morgan fingerprint density at radius 1 is 1.20 bits per heavy atom. The van der Waals surface area contributed by atoms with Gasteiger partial charge in [0.05, 0.1) is 0 Å². The van der Waals surface area contributed by atoms with Crippen LogP contribution in [0.1, 0.15) is 29.6 Å². The molecule has 0 N–H and O–H groups in total. The summed E-state index contributed by atoms with van der Waals surface area (Å²) in [6.07, 6.45) is 1.83. The first-order valence-corrected chi connectivity index (χ1v) is 7.02. The zero-order valence-corrected chi connectivity index (χ0v) is 11.9. The number of benzene rings is 1. The van der Waals surface area contributed by atoms with E-state index in [1.807, 2.05) is 19.1 Å². The third-order valence-corrected chi connectivity index (χ3v) is 3.74. The van der Waals surface area contributed by atoms with Gasteiger partial charge in [0.2, 0.25) is 0 Å². The maximum Gasteiger partial charge on any atom is 0.132 e. The Morgan fingerprint density at radius 2 is 2.05 bits per heavy atom. The predicted molar refractivity (Wildman–Crippen MR) is 77.3 cm³/mol. The van der Waals surface area contributed by atoms with E-state index in [1.165, 1.54) is 5.56 Å². The Morgan fingerprint density at radius 3 is 2.85 bits per heavy atom. The lowest BCUT2D eigenvalue weighted by Gasteiger charge is -2.30. The zero-order chi connectivity index (χ0) is 14.1. The number of anilines is 1. The molecular formula is C16H18FN3. The second-order valence-corrected chi connectivity index (χ2v) is 5.20. The Hall–Kier alpha value is -1.97. The summed E-state index contributed by atoms with van der Waals surface area (Å²) in [5.41, 5.74) is 3.35. The number of aryl methyl sites for hydroxylation is 2. The van der Waals surface area contributed by atoms with Gasteiger partial charge in [0.1, 0.15) is 17.5 Å². The van der Waals surface area contributed by atoms with Crippen molar-refractivity contribution < 1.29 is 4.39 Å².